The van der Waals surface area contributed by atoms with Crippen molar-refractivity contribution >= 4 is 23.2 Å². The van der Waals surface area contributed by atoms with Crippen molar-refractivity contribution in [3.05, 3.63) is 34.6 Å². The highest BCUT2D eigenvalue weighted by Crippen LogP contribution is 2.36. The molecular weight excluding hydrogens is 290 g/mol. The third-order valence-corrected chi connectivity index (χ3v) is 4.56. The normalized spacial score (nSPS) is 15.7. The molecule has 0 spiro atoms. The van der Waals surface area contributed by atoms with Gasteiger partial charge in [0.15, 0.2) is 5.13 Å². The van der Waals surface area contributed by atoms with E-state index in [1.807, 2.05) is 23.8 Å². The highest BCUT2D eigenvalue weighted by atomic mass is 32.1. The first-order valence-electron chi connectivity index (χ1n) is 6.59. The van der Waals surface area contributed by atoms with Crippen LogP contribution in [0.5, 0.6) is 0 Å². The average molecular weight is 305 g/mol. The van der Waals surface area contributed by atoms with Gasteiger partial charge in [0, 0.05) is 23.0 Å². The maximum absolute atomic E-state index is 12.4. The first kappa shape index (κ1) is 13.8. The summed E-state index contributed by atoms with van der Waals surface area (Å²) in [5.74, 6) is -1.31. The number of aryl methyl sites for hydroxylation is 1. The number of hydrogen-bond donors (Lipinski definition) is 2. The van der Waals surface area contributed by atoms with Gasteiger partial charge in [0.25, 0.3) is 5.91 Å². The smallest absolute Gasteiger partial charge is 0.329 e. The van der Waals surface area contributed by atoms with Crippen molar-refractivity contribution in [2.75, 3.05) is 0 Å². The molecule has 6 nitrogen and oxygen atoms in total. The third-order valence-electron chi connectivity index (χ3n) is 3.80. The molecule has 7 heteroatoms. The molecule has 2 aromatic rings. The Morgan fingerprint density at radius 3 is 2.67 bits per heavy atom. The Morgan fingerprint density at radius 1 is 1.43 bits per heavy atom. The number of aromatic nitrogens is 2. The Kier molecular flexibility index (Phi) is 3.09. The molecule has 2 heterocycles. The van der Waals surface area contributed by atoms with Crippen LogP contribution in [0.3, 0.4) is 0 Å². The number of hydrogen-bond acceptors (Lipinski definition) is 4. The molecule has 1 aliphatic carbocycles. The lowest BCUT2D eigenvalue weighted by molar-refractivity contribution is -0.140. The first-order chi connectivity index (χ1) is 9.94. The molecule has 0 bridgehead atoms. The van der Waals surface area contributed by atoms with Gasteiger partial charge in [-0.15, -0.1) is 11.3 Å². The minimum atomic E-state index is -1.07. The summed E-state index contributed by atoms with van der Waals surface area (Å²) in [6.45, 7) is 3.74. The fraction of sp³-hybridized carbons (Fsp3) is 0.357. The van der Waals surface area contributed by atoms with E-state index in [0.29, 0.717) is 18.4 Å². The molecule has 0 unspecified atom stereocenters. The van der Waals surface area contributed by atoms with E-state index in [2.05, 4.69) is 10.3 Å². The van der Waals surface area contributed by atoms with Crippen LogP contribution >= 0.6 is 11.3 Å². The summed E-state index contributed by atoms with van der Waals surface area (Å²) in [4.78, 5) is 27.8. The molecule has 2 aromatic heterocycles. The minimum absolute atomic E-state index is 0.342. The summed E-state index contributed by atoms with van der Waals surface area (Å²) in [7, 11) is 0. The number of nitrogens with zero attached hydrogens (tertiary/aromatic N) is 2. The largest absolute Gasteiger partial charge is 0.480 e. The molecule has 1 aliphatic rings. The SMILES string of the molecule is Cc1cc(C(=O)NC2(C(=O)O)CC2)c(C)n1-c1nccs1. The van der Waals surface area contributed by atoms with Gasteiger partial charge in [0.1, 0.15) is 5.54 Å². The van der Waals surface area contributed by atoms with E-state index >= 15 is 0 Å². The number of carbonyl (C=O) groups is 2. The first-order valence-corrected chi connectivity index (χ1v) is 7.47. The molecule has 3 rings (SSSR count). The van der Waals surface area contributed by atoms with Gasteiger partial charge in [-0.05, 0) is 32.8 Å². The van der Waals surface area contributed by atoms with Crippen LogP contribution in [0, 0.1) is 13.8 Å². The van der Waals surface area contributed by atoms with E-state index in [4.69, 9.17) is 5.11 Å². The molecular formula is C14H15N3O3S. The van der Waals surface area contributed by atoms with E-state index in [1.165, 1.54) is 11.3 Å². The summed E-state index contributed by atoms with van der Waals surface area (Å²) < 4.78 is 1.90. The lowest BCUT2D eigenvalue weighted by atomic mass is 10.2. The van der Waals surface area contributed by atoms with Crippen LogP contribution in [0.15, 0.2) is 17.6 Å². The van der Waals surface area contributed by atoms with E-state index in [1.54, 1.807) is 12.3 Å². The van der Waals surface area contributed by atoms with Crippen LogP contribution in [0.1, 0.15) is 34.6 Å². The van der Waals surface area contributed by atoms with Crippen molar-refractivity contribution < 1.29 is 14.7 Å². The molecule has 2 N–H and O–H groups in total. The highest BCUT2D eigenvalue weighted by Gasteiger charge is 2.51. The number of carboxylic acids is 1. The van der Waals surface area contributed by atoms with Crippen molar-refractivity contribution in [1.29, 1.82) is 0 Å². The molecule has 110 valence electrons. The van der Waals surface area contributed by atoms with E-state index in [-0.39, 0.29) is 5.91 Å². The monoisotopic (exact) mass is 305 g/mol. The van der Waals surface area contributed by atoms with E-state index in [0.717, 1.165) is 16.5 Å². The van der Waals surface area contributed by atoms with Crippen LogP contribution in [0.2, 0.25) is 0 Å². The number of nitrogens with one attached hydrogen (secondary N) is 1. The quantitative estimate of drug-likeness (QED) is 0.903. The number of thiazole rings is 1. The second kappa shape index (κ2) is 4.70. The number of amides is 1. The number of aliphatic carboxylic acids is 1. The Labute approximate surface area is 125 Å². The molecule has 0 atom stereocenters. The van der Waals surface area contributed by atoms with Gasteiger partial charge in [-0.3, -0.25) is 9.36 Å². The van der Waals surface area contributed by atoms with Crippen LogP contribution in [0.4, 0.5) is 0 Å². The Morgan fingerprint density at radius 2 is 2.14 bits per heavy atom. The van der Waals surface area contributed by atoms with Gasteiger partial charge in [-0.2, -0.15) is 0 Å². The lowest BCUT2D eigenvalue weighted by Crippen LogP contribution is -2.43. The van der Waals surface area contributed by atoms with Crippen molar-refractivity contribution in [2.45, 2.75) is 32.2 Å². The Hall–Kier alpha value is -2.15. The predicted molar refractivity (Wildman–Crippen MR) is 78.0 cm³/mol. The second-order valence-electron chi connectivity index (χ2n) is 5.28. The van der Waals surface area contributed by atoms with Gasteiger partial charge in [0.2, 0.25) is 0 Å². The molecule has 1 saturated carbocycles. The summed E-state index contributed by atoms with van der Waals surface area (Å²) in [6, 6.07) is 1.77. The molecule has 0 aromatic carbocycles. The van der Waals surface area contributed by atoms with Crippen molar-refractivity contribution in [3.63, 3.8) is 0 Å². The van der Waals surface area contributed by atoms with Gasteiger partial charge in [-0.1, -0.05) is 0 Å². The van der Waals surface area contributed by atoms with Crippen molar-refractivity contribution in [2.24, 2.45) is 0 Å². The Bertz CT molecular complexity index is 714. The maximum Gasteiger partial charge on any atom is 0.329 e. The minimum Gasteiger partial charge on any atom is -0.480 e. The maximum atomic E-state index is 12.4. The van der Waals surface area contributed by atoms with Crippen LogP contribution < -0.4 is 5.32 Å². The summed E-state index contributed by atoms with van der Waals surface area (Å²) >= 11 is 1.49. The van der Waals surface area contributed by atoms with Crippen LogP contribution in [0.25, 0.3) is 5.13 Å². The zero-order valence-corrected chi connectivity index (χ0v) is 12.5. The van der Waals surface area contributed by atoms with Crippen molar-refractivity contribution in [1.82, 2.24) is 14.9 Å². The molecule has 0 aliphatic heterocycles. The molecule has 0 radical (unpaired) electrons. The fourth-order valence-electron chi connectivity index (χ4n) is 2.42. The average Bonchev–Trinajstić information content (AvgIpc) is 2.89. The zero-order valence-electron chi connectivity index (χ0n) is 11.7. The summed E-state index contributed by atoms with van der Waals surface area (Å²) in [6.07, 6.45) is 2.68. The fourth-order valence-corrected chi connectivity index (χ4v) is 3.17. The second-order valence-corrected chi connectivity index (χ2v) is 6.15. The standard InChI is InChI=1S/C14H15N3O3S/c1-8-7-10(9(2)17(8)13-15-5-6-21-13)11(18)16-14(3-4-14)12(19)20/h5-7H,3-4H2,1-2H3,(H,16,18)(H,19,20). The van der Waals surface area contributed by atoms with Crippen LogP contribution in [-0.4, -0.2) is 32.1 Å². The number of carboxylic acid groups (broad SMARTS) is 1. The predicted octanol–water partition coefficient (Wildman–Crippen LogP) is 1.90. The molecule has 1 fully saturated rings. The lowest BCUT2D eigenvalue weighted by Gasteiger charge is -2.12. The van der Waals surface area contributed by atoms with Gasteiger partial charge < -0.3 is 10.4 Å². The molecule has 21 heavy (non-hydrogen) atoms. The molecule has 1 amide bonds. The third kappa shape index (κ3) is 2.23. The van der Waals surface area contributed by atoms with E-state index < -0.39 is 11.5 Å². The Balaban J connectivity index is 1.92. The van der Waals surface area contributed by atoms with E-state index in [9.17, 15) is 9.59 Å². The summed E-state index contributed by atoms with van der Waals surface area (Å²) in [5, 5.41) is 14.5. The topological polar surface area (TPSA) is 84.2 Å². The van der Waals surface area contributed by atoms with Gasteiger partial charge in [-0.25, -0.2) is 9.78 Å². The van der Waals surface area contributed by atoms with Gasteiger partial charge in [0.05, 0.1) is 5.56 Å². The van der Waals surface area contributed by atoms with Crippen molar-refractivity contribution in [3.8, 4) is 5.13 Å². The summed E-state index contributed by atoms with van der Waals surface area (Å²) in [5.41, 5.74) is 1.09. The van der Waals surface area contributed by atoms with Gasteiger partial charge >= 0.3 is 5.97 Å². The molecule has 0 saturated heterocycles. The zero-order chi connectivity index (χ0) is 15.2. The number of carbonyl (C=O) groups excluding carboxylic acids is 1. The number of rotatable bonds is 4. The highest BCUT2D eigenvalue weighted by molar-refractivity contribution is 7.12. The van der Waals surface area contributed by atoms with Crippen LogP contribution in [-0.2, 0) is 4.79 Å².